The number of furan rings is 1. The predicted octanol–water partition coefficient (Wildman–Crippen LogP) is 3.48. The van der Waals surface area contributed by atoms with Gasteiger partial charge in [0.2, 0.25) is 5.79 Å². The smallest absolute Gasteiger partial charge is 0.225 e. The maximum absolute atomic E-state index is 12.9. The molecule has 1 unspecified atom stereocenters. The van der Waals surface area contributed by atoms with Crippen LogP contribution in [0.3, 0.4) is 0 Å². The van der Waals surface area contributed by atoms with Crippen molar-refractivity contribution in [2.75, 3.05) is 14.2 Å². The maximum Gasteiger partial charge on any atom is 0.225 e. The summed E-state index contributed by atoms with van der Waals surface area (Å²) in [5.41, 5.74) is 2.18. The van der Waals surface area contributed by atoms with E-state index in [4.69, 9.17) is 25.5 Å². The topological polar surface area (TPSA) is 60.7 Å². The van der Waals surface area contributed by atoms with E-state index in [1.54, 1.807) is 13.0 Å². The second-order valence-corrected chi connectivity index (χ2v) is 6.21. The summed E-state index contributed by atoms with van der Waals surface area (Å²) in [6.07, 6.45) is 1.54. The number of hydrogen-bond acceptors (Lipinski definition) is 5. The molecule has 25 heavy (non-hydrogen) atoms. The number of carbonyl (C=O) groups excluding carboxylic acids is 1. The Kier molecular flexibility index (Phi) is 4.99. The van der Waals surface area contributed by atoms with Gasteiger partial charge in [0.25, 0.3) is 0 Å². The van der Waals surface area contributed by atoms with Gasteiger partial charge in [-0.1, -0.05) is 41.9 Å². The van der Waals surface area contributed by atoms with Crippen molar-refractivity contribution in [2.45, 2.75) is 25.2 Å². The van der Waals surface area contributed by atoms with Gasteiger partial charge in [-0.2, -0.15) is 0 Å². The highest BCUT2D eigenvalue weighted by atomic mass is 35.5. The Morgan fingerprint density at radius 1 is 1.20 bits per heavy atom. The number of rotatable bonds is 6. The van der Waals surface area contributed by atoms with Gasteiger partial charge in [0.1, 0.15) is 16.7 Å². The highest BCUT2D eigenvalue weighted by molar-refractivity contribution is 6.45. The van der Waals surface area contributed by atoms with E-state index < -0.39 is 11.7 Å². The lowest BCUT2D eigenvalue weighted by Gasteiger charge is -2.34. The molecule has 3 rings (SSSR count). The number of ketones is 1. The first kappa shape index (κ1) is 17.7. The lowest BCUT2D eigenvalue weighted by atomic mass is 9.90. The number of allylic oxidation sites excluding steroid dienone is 1. The van der Waals surface area contributed by atoms with Crippen molar-refractivity contribution < 1.29 is 18.7 Å². The van der Waals surface area contributed by atoms with Gasteiger partial charge in [0.15, 0.2) is 5.78 Å². The zero-order valence-corrected chi connectivity index (χ0v) is 15.1. The number of nitrogens with one attached hydrogen (secondary N) is 1. The first-order valence-corrected chi connectivity index (χ1v) is 8.29. The van der Waals surface area contributed by atoms with Crippen LogP contribution < -0.4 is 5.32 Å². The Hall–Kier alpha value is -2.08. The molecule has 1 aromatic carbocycles. The molecule has 0 aliphatic heterocycles. The van der Waals surface area contributed by atoms with E-state index in [1.165, 1.54) is 20.5 Å². The molecule has 0 spiro atoms. The standard InChI is InChI=1S/C19H20ClNO4/c1-12-14(9-10-25-12)15-17(22)16(20)18(19(15,23-2)24-3)21-11-13-7-5-4-6-8-13/h4-10,15,21H,11H2,1-3H3. The number of aryl methyl sites for hydroxylation is 1. The van der Waals surface area contributed by atoms with Crippen LogP contribution in [-0.4, -0.2) is 25.8 Å². The van der Waals surface area contributed by atoms with Crippen molar-refractivity contribution in [1.29, 1.82) is 0 Å². The van der Waals surface area contributed by atoms with Gasteiger partial charge in [0, 0.05) is 26.3 Å². The summed E-state index contributed by atoms with van der Waals surface area (Å²) >= 11 is 6.38. The third kappa shape index (κ3) is 2.88. The lowest BCUT2D eigenvalue weighted by Crippen LogP contribution is -2.45. The summed E-state index contributed by atoms with van der Waals surface area (Å²) < 4.78 is 16.7. The average molecular weight is 362 g/mol. The summed E-state index contributed by atoms with van der Waals surface area (Å²) in [5.74, 6) is -1.68. The number of hydrogen-bond donors (Lipinski definition) is 1. The quantitative estimate of drug-likeness (QED) is 0.798. The second-order valence-electron chi connectivity index (χ2n) is 5.83. The van der Waals surface area contributed by atoms with E-state index in [0.717, 1.165) is 5.56 Å². The number of carbonyl (C=O) groups is 1. The summed E-state index contributed by atoms with van der Waals surface area (Å²) in [4.78, 5) is 12.9. The van der Waals surface area contributed by atoms with Gasteiger partial charge in [-0.15, -0.1) is 0 Å². The molecule has 1 heterocycles. The van der Waals surface area contributed by atoms with Crippen LogP contribution in [0.5, 0.6) is 0 Å². The van der Waals surface area contributed by atoms with Crippen LogP contribution in [0.4, 0.5) is 0 Å². The lowest BCUT2D eigenvalue weighted by molar-refractivity contribution is -0.192. The van der Waals surface area contributed by atoms with Crippen LogP contribution in [0.25, 0.3) is 0 Å². The van der Waals surface area contributed by atoms with Gasteiger partial charge in [-0.3, -0.25) is 4.79 Å². The molecule has 0 saturated carbocycles. The zero-order chi connectivity index (χ0) is 18.0. The number of halogens is 1. The Morgan fingerprint density at radius 3 is 2.44 bits per heavy atom. The molecule has 2 aromatic rings. The average Bonchev–Trinajstić information content (AvgIpc) is 3.14. The Morgan fingerprint density at radius 2 is 1.88 bits per heavy atom. The van der Waals surface area contributed by atoms with Crippen molar-refractivity contribution in [3.63, 3.8) is 0 Å². The van der Waals surface area contributed by atoms with Crippen LogP contribution in [0, 0.1) is 6.92 Å². The van der Waals surface area contributed by atoms with Gasteiger partial charge in [-0.25, -0.2) is 0 Å². The Balaban J connectivity index is 1.98. The third-order valence-corrected chi connectivity index (χ3v) is 4.93. The molecule has 0 amide bonds. The molecule has 1 N–H and O–H groups in total. The molecule has 1 atom stereocenters. The van der Waals surface area contributed by atoms with Gasteiger partial charge >= 0.3 is 0 Å². The minimum atomic E-state index is -1.32. The van der Waals surface area contributed by atoms with Crippen LogP contribution in [0.1, 0.15) is 22.8 Å². The molecule has 0 saturated heterocycles. The highest BCUT2D eigenvalue weighted by Crippen LogP contribution is 2.48. The molecule has 132 valence electrons. The van der Waals surface area contributed by atoms with Crippen LogP contribution in [0.15, 0.2) is 57.8 Å². The Bertz CT molecular complexity index is 793. The summed E-state index contributed by atoms with van der Waals surface area (Å²) in [7, 11) is 3.00. The number of benzene rings is 1. The molecule has 0 radical (unpaired) electrons. The van der Waals surface area contributed by atoms with Crippen molar-refractivity contribution in [3.8, 4) is 0 Å². The van der Waals surface area contributed by atoms with Crippen LogP contribution >= 0.6 is 11.6 Å². The minimum absolute atomic E-state index is 0.0882. The van der Waals surface area contributed by atoms with E-state index in [0.29, 0.717) is 23.6 Å². The van der Waals surface area contributed by atoms with E-state index >= 15 is 0 Å². The molecule has 1 aliphatic rings. The Labute approximate surface area is 151 Å². The minimum Gasteiger partial charge on any atom is -0.469 e. The number of methoxy groups -OCH3 is 2. The first-order valence-electron chi connectivity index (χ1n) is 7.91. The molecule has 0 bridgehead atoms. The highest BCUT2D eigenvalue weighted by Gasteiger charge is 2.57. The predicted molar refractivity (Wildman–Crippen MR) is 94.1 cm³/mol. The fourth-order valence-electron chi connectivity index (χ4n) is 3.27. The van der Waals surface area contributed by atoms with E-state index in [9.17, 15) is 4.79 Å². The van der Waals surface area contributed by atoms with Crippen LogP contribution in [-0.2, 0) is 20.8 Å². The molecule has 1 aliphatic carbocycles. The normalized spacial score (nSPS) is 19.5. The molecule has 1 aromatic heterocycles. The van der Waals surface area contributed by atoms with Crippen molar-refractivity contribution in [1.82, 2.24) is 5.32 Å². The van der Waals surface area contributed by atoms with Crippen molar-refractivity contribution >= 4 is 17.4 Å². The molecule has 6 heteroatoms. The monoisotopic (exact) mass is 361 g/mol. The molecule has 5 nitrogen and oxygen atoms in total. The first-order chi connectivity index (χ1) is 12.0. The summed E-state index contributed by atoms with van der Waals surface area (Å²) in [6, 6.07) is 11.6. The van der Waals surface area contributed by atoms with E-state index in [-0.39, 0.29) is 10.8 Å². The van der Waals surface area contributed by atoms with Crippen LogP contribution in [0.2, 0.25) is 0 Å². The second kappa shape index (κ2) is 7.04. The molecular formula is C19H20ClNO4. The number of Topliss-reactive ketones (excluding diaryl/α,β-unsaturated/α-hetero) is 1. The fourth-order valence-corrected chi connectivity index (χ4v) is 3.58. The van der Waals surface area contributed by atoms with E-state index in [2.05, 4.69) is 5.32 Å². The van der Waals surface area contributed by atoms with Gasteiger partial charge in [0.05, 0.1) is 12.0 Å². The third-order valence-electron chi connectivity index (χ3n) is 4.56. The maximum atomic E-state index is 12.9. The van der Waals surface area contributed by atoms with E-state index in [1.807, 2.05) is 30.3 Å². The molecular weight excluding hydrogens is 342 g/mol. The van der Waals surface area contributed by atoms with Crippen molar-refractivity contribution in [3.05, 3.63) is 70.3 Å². The molecule has 0 fully saturated rings. The zero-order valence-electron chi connectivity index (χ0n) is 14.3. The largest absolute Gasteiger partial charge is 0.469 e. The summed E-state index contributed by atoms with van der Waals surface area (Å²) in [5, 5.41) is 3.32. The summed E-state index contributed by atoms with van der Waals surface area (Å²) in [6.45, 7) is 2.28. The van der Waals surface area contributed by atoms with Gasteiger partial charge < -0.3 is 19.2 Å². The fraction of sp³-hybridized carbons (Fsp3) is 0.316. The van der Waals surface area contributed by atoms with Gasteiger partial charge in [-0.05, 0) is 18.6 Å². The SMILES string of the molecule is COC1(OC)C(NCc2ccccc2)=C(Cl)C(=O)C1c1ccoc1C. The van der Waals surface area contributed by atoms with Crippen molar-refractivity contribution in [2.24, 2.45) is 0 Å². The number of ether oxygens (including phenoxy) is 2.